The number of hydrogen-bond donors (Lipinski definition) is 1. The van der Waals surface area contributed by atoms with Crippen molar-refractivity contribution >= 4 is 40.5 Å². The van der Waals surface area contributed by atoms with E-state index in [1.54, 1.807) is 18.4 Å². The minimum absolute atomic E-state index is 0.155. The molecule has 0 saturated heterocycles. The number of halogens is 3. The van der Waals surface area contributed by atoms with Crippen molar-refractivity contribution in [2.45, 2.75) is 18.9 Å². The molecule has 0 spiro atoms. The van der Waals surface area contributed by atoms with E-state index in [9.17, 15) is 0 Å². The van der Waals surface area contributed by atoms with Crippen LogP contribution in [-0.4, -0.2) is 12.6 Å². The quantitative estimate of drug-likeness (QED) is 0.868. The van der Waals surface area contributed by atoms with Gasteiger partial charge in [-0.3, -0.25) is 0 Å². The van der Waals surface area contributed by atoms with Crippen molar-refractivity contribution in [3.8, 4) is 0 Å². The van der Waals surface area contributed by atoms with Crippen LogP contribution in [0.5, 0.6) is 0 Å². The van der Waals surface area contributed by atoms with Gasteiger partial charge in [0.15, 0.2) is 0 Å². The number of hydrogen-bond acceptors (Lipinski definition) is 2. The Morgan fingerprint density at radius 1 is 1.24 bits per heavy atom. The lowest BCUT2D eigenvalue weighted by Crippen LogP contribution is -2.23. The minimum Gasteiger partial charge on any atom is -0.497 e. The second-order valence-electron chi connectivity index (χ2n) is 3.83. The summed E-state index contributed by atoms with van der Waals surface area (Å²) in [6, 6.07) is 3.33. The number of nitrogens with one attached hydrogen (secondary N) is 1. The fourth-order valence-electron chi connectivity index (χ4n) is 1.66. The molecule has 17 heavy (non-hydrogen) atoms. The molecular formula is C12H12Cl3NO. The van der Waals surface area contributed by atoms with Crippen LogP contribution in [0.15, 0.2) is 24.5 Å². The van der Waals surface area contributed by atoms with Crippen molar-refractivity contribution < 1.29 is 4.74 Å². The third-order valence-corrected chi connectivity index (χ3v) is 3.35. The Kier molecular flexibility index (Phi) is 4.43. The molecule has 5 heteroatoms. The molecule has 0 fully saturated rings. The second kappa shape index (κ2) is 5.85. The van der Waals surface area contributed by atoms with Gasteiger partial charge in [0.1, 0.15) is 6.10 Å². The molecule has 92 valence electrons. The molecule has 1 aromatic rings. The fourth-order valence-corrected chi connectivity index (χ4v) is 2.61. The summed E-state index contributed by atoms with van der Waals surface area (Å²) in [4.78, 5) is 0. The summed E-state index contributed by atoms with van der Waals surface area (Å²) in [6.07, 6.45) is 5.93. The van der Waals surface area contributed by atoms with Gasteiger partial charge in [-0.05, 0) is 31.1 Å². The van der Waals surface area contributed by atoms with Crippen LogP contribution in [0, 0.1) is 0 Å². The van der Waals surface area contributed by atoms with E-state index in [2.05, 4.69) is 5.32 Å². The van der Waals surface area contributed by atoms with E-state index < -0.39 is 0 Å². The summed E-state index contributed by atoms with van der Waals surface area (Å²) in [5, 5.41) is 4.77. The Labute approximate surface area is 115 Å². The van der Waals surface area contributed by atoms with Crippen LogP contribution in [0.3, 0.4) is 0 Å². The molecule has 1 N–H and O–H groups in total. The highest BCUT2D eigenvalue weighted by atomic mass is 35.5. The van der Waals surface area contributed by atoms with E-state index in [4.69, 9.17) is 39.5 Å². The van der Waals surface area contributed by atoms with Crippen LogP contribution in [-0.2, 0) is 4.74 Å². The van der Waals surface area contributed by atoms with Crippen molar-refractivity contribution in [3.63, 3.8) is 0 Å². The lowest BCUT2D eigenvalue weighted by molar-refractivity contribution is 0.135. The number of allylic oxidation sites excluding steroid dienone is 1. The first-order valence-corrected chi connectivity index (χ1v) is 6.49. The van der Waals surface area contributed by atoms with E-state index in [1.807, 2.05) is 6.08 Å². The zero-order valence-electron chi connectivity index (χ0n) is 9.05. The van der Waals surface area contributed by atoms with Crippen molar-refractivity contribution in [1.82, 2.24) is 0 Å². The molecule has 0 aromatic heterocycles. The van der Waals surface area contributed by atoms with Gasteiger partial charge in [-0.2, -0.15) is 0 Å². The summed E-state index contributed by atoms with van der Waals surface area (Å²) in [7, 11) is 0. The predicted octanol–water partition coefficient (Wildman–Crippen LogP) is 4.75. The SMILES string of the molecule is Clc1cc(Cl)c(NCC2CCC=CO2)c(Cl)c1. The molecule has 1 unspecified atom stereocenters. The summed E-state index contributed by atoms with van der Waals surface area (Å²) >= 11 is 18.0. The fraction of sp³-hybridized carbons (Fsp3) is 0.333. The number of ether oxygens (including phenoxy) is 1. The summed E-state index contributed by atoms with van der Waals surface area (Å²) in [6.45, 7) is 0.672. The van der Waals surface area contributed by atoms with Gasteiger partial charge in [0.05, 0.1) is 28.5 Å². The van der Waals surface area contributed by atoms with Gasteiger partial charge in [-0.1, -0.05) is 34.8 Å². The van der Waals surface area contributed by atoms with Crippen LogP contribution in [0.1, 0.15) is 12.8 Å². The van der Waals surface area contributed by atoms with Crippen molar-refractivity contribution in [2.24, 2.45) is 0 Å². The first-order chi connectivity index (χ1) is 8.16. The molecule has 0 saturated carbocycles. The third-order valence-electron chi connectivity index (χ3n) is 2.54. The Morgan fingerprint density at radius 2 is 1.94 bits per heavy atom. The molecule has 0 bridgehead atoms. The lowest BCUT2D eigenvalue weighted by atomic mass is 10.1. The van der Waals surface area contributed by atoms with Crippen molar-refractivity contribution in [2.75, 3.05) is 11.9 Å². The van der Waals surface area contributed by atoms with Crippen LogP contribution >= 0.6 is 34.8 Å². The maximum atomic E-state index is 6.07. The van der Waals surface area contributed by atoms with Gasteiger partial charge in [0, 0.05) is 5.02 Å². The Hall–Kier alpha value is -0.570. The highest BCUT2D eigenvalue weighted by Crippen LogP contribution is 2.33. The maximum absolute atomic E-state index is 6.07. The first kappa shape index (κ1) is 12.9. The number of rotatable bonds is 3. The Balaban J connectivity index is 2.01. The van der Waals surface area contributed by atoms with E-state index >= 15 is 0 Å². The average molecular weight is 293 g/mol. The van der Waals surface area contributed by atoms with Gasteiger partial charge in [0.2, 0.25) is 0 Å². The standard InChI is InChI=1S/C12H12Cl3NO/c13-8-5-10(14)12(11(15)6-8)16-7-9-3-1-2-4-17-9/h2,4-6,9,16H,1,3,7H2. The summed E-state index contributed by atoms with van der Waals surface area (Å²) in [5.41, 5.74) is 0.705. The highest BCUT2D eigenvalue weighted by Gasteiger charge is 2.13. The monoisotopic (exact) mass is 291 g/mol. The largest absolute Gasteiger partial charge is 0.497 e. The van der Waals surface area contributed by atoms with E-state index in [0.717, 1.165) is 12.8 Å². The number of benzene rings is 1. The molecule has 2 nitrogen and oxygen atoms in total. The first-order valence-electron chi connectivity index (χ1n) is 5.35. The van der Waals surface area contributed by atoms with E-state index in [0.29, 0.717) is 27.3 Å². The molecule has 0 amide bonds. The highest BCUT2D eigenvalue weighted by molar-refractivity contribution is 6.41. The Bertz CT molecular complexity index is 411. The van der Waals surface area contributed by atoms with Gasteiger partial charge in [0.25, 0.3) is 0 Å². The summed E-state index contributed by atoms with van der Waals surface area (Å²) in [5.74, 6) is 0. The van der Waals surface area contributed by atoms with Crippen LogP contribution in [0.25, 0.3) is 0 Å². The molecule has 1 atom stereocenters. The van der Waals surface area contributed by atoms with Gasteiger partial charge in [-0.25, -0.2) is 0 Å². The smallest absolute Gasteiger partial charge is 0.115 e. The van der Waals surface area contributed by atoms with Gasteiger partial charge < -0.3 is 10.1 Å². The van der Waals surface area contributed by atoms with E-state index in [1.165, 1.54) is 0 Å². The zero-order valence-corrected chi connectivity index (χ0v) is 11.3. The molecule has 1 aliphatic rings. The molecule has 1 aliphatic heterocycles. The lowest BCUT2D eigenvalue weighted by Gasteiger charge is -2.21. The Morgan fingerprint density at radius 3 is 2.53 bits per heavy atom. The van der Waals surface area contributed by atoms with Crippen LogP contribution < -0.4 is 5.32 Å². The molecule has 0 aliphatic carbocycles. The molecular weight excluding hydrogens is 280 g/mol. The predicted molar refractivity (Wildman–Crippen MR) is 73.2 cm³/mol. The van der Waals surface area contributed by atoms with E-state index in [-0.39, 0.29) is 6.10 Å². The maximum Gasteiger partial charge on any atom is 0.115 e. The van der Waals surface area contributed by atoms with Gasteiger partial charge >= 0.3 is 0 Å². The average Bonchev–Trinajstić information content (AvgIpc) is 2.29. The second-order valence-corrected chi connectivity index (χ2v) is 5.08. The molecule has 1 aromatic carbocycles. The molecule has 1 heterocycles. The number of anilines is 1. The summed E-state index contributed by atoms with van der Waals surface area (Å²) < 4.78 is 5.45. The topological polar surface area (TPSA) is 21.3 Å². The van der Waals surface area contributed by atoms with Crippen LogP contribution in [0.4, 0.5) is 5.69 Å². The molecule has 2 rings (SSSR count). The minimum atomic E-state index is 0.155. The van der Waals surface area contributed by atoms with Crippen molar-refractivity contribution in [1.29, 1.82) is 0 Å². The molecule has 0 radical (unpaired) electrons. The third kappa shape index (κ3) is 3.44. The van der Waals surface area contributed by atoms with Crippen LogP contribution in [0.2, 0.25) is 15.1 Å². The zero-order chi connectivity index (χ0) is 12.3. The van der Waals surface area contributed by atoms with Gasteiger partial charge in [-0.15, -0.1) is 0 Å². The normalized spacial score (nSPS) is 18.9. The van der Waals surface area contributed by atoms with Crippen molar-refractivity contribution in [3.05, 3.63) is 39.5 Å².